The molecule has 0 aliphatic rings. The summed E-state index contributed by atoms with van der Waals surface area (Å²) >= 11 is 0. The molecular weight excluding hydrogens is 176 g/mol. The molecule has 14 heavy (non-hydrogen) atoms. The molecule has 2 heteroatoms. The maximum absolute atomic E-state index is 11.4. The molecule has 0 saturated carbocycles. The molecule has 0 aliphatic heterocycles. The lowest BCUT2D eigenvalue weighted by Crippen LogP contribution is -2.21. The normalized spacial score (nSPS) is 13.6. The van der Waals surface area contributed by atoms with Gasteiger partial charge in [-0.15, -0.1) is 0 Å². The Morgan fingerprint density at radius 2 is 1.50 bits per heavy atom. The van der Waals surface area contributed by atoms with Gasteiger partial charge in [0, 0.05) is 6.42 Å². The number of ketones is 1. The van der Waals surface area contributed by atoms with Gasteiger partial charge >= 0.3 is 0 Å². The monoisotopic (exact) mass is 200 g/mol. The Labute approximate surface area is 87.7 Å². The second kappa shape index (κ2) is 6.99. The van der Waals surface area contributed by atoms with Crippen LogP contribution in [0.5, 0.6) is 0 Å². The lowest BCUT2D eigenvalue weighted by atomic mass is 9.98. The van der Waals surface area contributed by atoms with Crippen molar-refractivity contribution in [1.29, 1.82) is 0 Å². The SMILES string of the molecule is CC(C)CCC(=O)C(O)CCC(C)C. The van der Waals surface area contributed by atoms with Crippen LogP contribution in [0.25, 0.3) is 0 Å². The van der Waals surface area contributed by atoms with E-state index in [-0.39, 0.29) is 5.78 Å². The maximum Gasteiger partial charge on any atom is 0.161 e. The molecule has 0 amide bonds. The molecule has 2 nitrogen and oxygen atoms in total. The zero-order valence-corrected chi connectivity index (χ0v) is 9.92. The molecule has 1 N–H and O–H groups in total. The van der Waals surface area contributed by atoms with Crippen LogP contribution in [0, 0.1) is 11.8 Å². The van der Waals surface area contributed by atoms with E-state index < -0.39 is 6.10 Å². The summed E-state index contributed by atoms with van der Waals surface area (Å²) in [4.78, 5) is 11.4. The van der Waals surface area contributed by atoms with Crippen molar-refractivity contribution in [3.8, 4) is 0 Å². The fourth-order valence-corrected chi connectivity index (χ4v) is 1.25. The van der Waals surface area contributed by atoms with E-state index in [9.17, 15) is 9.90 Å². The number of aliphatic hydroxyl groups is 1. The van der Waals surface area contributed by atoms with Gasteiger partial charge in [0.1, 0.15) is 6.10 Å². The molecule has 0 bridgehead atoms. The molecule has 0 radical (unpaired) electrons. The minimum Gasteiger partial charge on any atom is -0.385 e. The van der Waals surface area contributed by atoms with Crippen molar-refractivity contribution in [2.75, 3.05) is 0 Å². The summed E-state index contributed by atoms with van der Waals surface area (Å²) in [6.45, 7) is 8.39. The molecule has 0 aliphatic carbocycles. The van der Waals surface area contributed by atoms with Crippen molar-refractivity contribution in [2.24, 2.45) is 11.8 Å². The predicted molar refractivity (Wildman–Crippen MR) is 59.2 cm³/mol. The van der Waals surface area contributed by atoms with Crippen molar-refractivity contribution in [1.82, 2.24) is 0 Å². The van der Waals surface area contributed by atoms with Crippen molar-refractivity contribution < 1.29 is 9.90 Å². The first-order valence-electron chi connectivity index (χ1n) is 5.64. The van der Waals surface area contributed by atoms with Gasteiger partial charge in [-0.2, -0.15) is 0 Å². The average Bonchev–Trinajstić information content (AvgIpc) is 2.09. The van der Waals surface area contributed by atoms with Crippen molar-refractivity contribution >= 4 is 5.78 Å². The predicted octanol–water partition coefficient (Wildman–Crippen LogP) is 2.79. The Morgan fingerprint density at radius 3 is 1.93 bits per heavy atom. The summed E-state index contributed by atoms with van der Waals surface area (Å²) in [7, 11) is 0. The largest absolute Gasteiger partial charge is 0.385 e. The first-order valence-corrected chi connectivity index (χ1v) is 5.64. The molecular formula is C12H24O2. The molecule has 0 aromatic carbocycles. The summed E-state index contributed by atoms with van der Waals surface area (Å²) in [5, 5.41) is 9.53. The van der Waals surface area contributed by atoms with E-state index in [1.807, 2.05) is 0 Å². The van der Waals surface area contributed by atoms with Crippen LogP contribution in [-0.4, -0.2) is 17.0 Å². The number of hydrogen-bond donors (Lipinski definition) is 1. The van der Waals surface area contributed by atoms with Crippen LogP contribution < -0.4 is 0 Å². The Bertz CT molecular complexity index is 162. The van der Waals surface area contributed by atoms with Crippen molar-refractivity contribution in [2.45, 2.75) is 59.5 Å². The standard InChI is InChI=1S/C12H24O2/c1-9(2)5-7-11(13)12(14)8-6-10(3)4/h9-11,13H,5-8H2,1-4H3. The maximum atomic E-state index is 11.4. The number of hydrogen-bond acceptors (Lipinski definition) is 2. The van der Waals surface area contributed by atoms with E-state index in [0.717, 1.165) is 12.8 Å². The highest BCUT2D eigenvalue weighted by Gasteiger charge is 2.15. The van der Waals surface area contributed by atoms with Crippen LogP contribution in [-0.2, 0) is 4.79 Å². The Morgan fingerprint density at radius 1 is 1.00 bits per heavy atom. The third-order valence-corrected chi connectivity index (χ3v) is 2.36. The van der Waals surface area contributed by atoms with Gasteiger partial charge in [-0.05, 0) is 31.1 Å². The summed E-state index contributed by atoms with van der Waals surface area (Å²) in [6, 6.07) is 0. The number of carbonyl (C=O) groups is 1. The zero-order valence-electron chi connectivity index (χ0n) is 9.92. The summed E-state index contributed by atoms with van der Waals surface area (Å²) in [5.41, 5.74) is 0. The minimum atomic E-state index is -0.726. The Kier molecular flexibility index (Phi) is 6.81. The van der Waals surface area contributed by atoms with E-state index in [0.29, 0.717) is 24.7 Å². The van der Waals surface area contributed by atoms with E-state index in [1.54, 1.807) is 0 Å². The number of carbonyl (C=O) groups excluding carboxylic acids is 1. The number of aliphatic hydroxyl groups excluding tert-OH is 1. The second-order valence-corrected chi connectivity index (χ2v) is 4.89. The van der Waals surface area contributed by atoms with E-state index >= 15 is 0 Å². The van der Waals surface area contributed by atoms with Gasteiger partial charge in [-0.1, -0.05) is 27.7 Å². The molecule has 0 rings (SSSR count). The lowest BCUT2D eigenvalue weighted by Gasteiger charge is -2.11. The average molecular weight is 200 g/mol. The molecule has 1 atom stereocenters. The molecule has 0 spiro atoms. The van der Waals surface area contributed by atoms with E-state index in [2.05, 4.69) is 27.7 Å². The van der Waals surface area contributed by atoms with Gasteiger partial charge < -0.3 is 5.11 Å². The first-order chi connectivity index (χ1) is 6.43. The highest BCUT2D eigenvalue weighted by molar-refractivity contribution is 5.82. The third-order valence-electron chi connectivity index (χ3n) is 2.36. The van der Waals surface area contributed by atoms with Gasteiger partial charge in [0.2, 0.25) is 0 Å². The molecule has 0 heterocycles. The van der Waals surface area contributed by atoms with Gasteiger partial charge in [-0.3, -0.25) is 4.79 Å². The lowest BCUT2D eigenvalue weighted by molar-refractivity contribution is -0.127. The fraction of sp³-hybridized carbons (Fsp3) is 0.917. The van der Waals surface area contributed by atoms with Gasteiger partial charge in [0.25, 0.3) is 0 Å². The van der Waals surface area contributed by atoms with Crippen LogP contribution >= 0.6 is 0 Å². The van der Waals surface area contributed by atoms with Crippen molar-refractivity contribution in [3.63, 3.8) is 0 Å². The van der Waals surface area contributed by atoms with E-state index in [1.165, 1.54) is 0 Å². The first kappa shape index (κ1) is 13.6. The quantitative estimate of drug-likeness (QED) is 0.686. The topological polar surface area (TPSA) is 37.3 Å². The van der Waals surface area contributed by atoms with Crippen LogP contribution in [0.1, 0.15) is 53.4 Å². The third kappa shape index (κ3) is 7.07. The molecule has 84 valence electrons. The summed E-state index contributed by atoms with van der Waals surface area (Å²) in [6.07, 6.45) is 2.23. The summed E-state index contributed by atoms with van der Waals surface area (Å²) in [5.74, 6) is 1.11. The number of rotatable bonds is 7. The van der Waals surface area contributed by atoms with Gasteiger partial charge in [-0.25, -0.2) is 0 Å². The molecule has 0 fully saturated rings. The van der Waals surface area contributed by atoms with Crippen LogP contribution in [0.3, 0.4) is 0 Å². The van der Waals surface area contributed by atoms with Crippen LogP contribution in [0.4, 0.5) is 0 Å². The van der Waals surface area contributed by atoms with E-state index in [4.69, 9.17) is 0 Å². The van der Waals surface area contributed by atoms with Gasteiger partial charge in [0.15, 0.2) is 5.78 Å². The van der Waals surface area contributed by atoms with Crippen LogP contribution in [0.15, 0.2) is 0 Å². The van der Waals surface area contributed by atoms with Gasteiger partial charge in [0.05, 0.1) is 0 Å². The fourth-order valence-electron chi connectivity index (χ4n) is 1.25. The second-order valence-electron chi connectivity index (χ2n) is 4.89. The Balaban J connectivity index is 3.65. The Hall–Kier alpha value is -0.370. The number of Topliss-reactive ketones (excluding diaryl/α,β-unsaturated/α-hetero) is 1. The smallest absolute Gasteiger partial charge is 0.161 e. The minimum absolute atomic E-state index is 0.0133. The highest BCUT2D eigenvalue weighted by atomic mass is 16.3. The van der Waals surface area contributed by atoms with Crippen molar-refractivity contribution in [3.05, 3.63) is 0 Å². The molecule has 0 aromatic rings. The summed E-state index contributed by atoms with van der Waals surface area (Å²) < 4.78 is 0. The highest BCUT2D eigenvalue weighted by Crippen LogP contribution is 2.11. The molecule has 0 aromatic heterocycles. The van der Waals surface area contributed by atoms with Crippen LogP contribution in [0.2, 0.25) is 0 Å². The zero-order chi connectivity index (χ0) is 11.1. The molecule has 1 unspecified atom stereocenters. The molecule has 0 saturated heterocycles.